The molecular weight excluding hydrogens is 579 g/mol. The second kappa shape index (κ2) is 8.81. The second-order valence-electron chi connectivity index (χ2n) is 12.6. The van der Waals surface area contributed by atoms with Gasteiger partial charge in [0.05, 0.1) is 11.4 Å². The molecule has 0 spiro atoms. The molecule has 1 aromatic heterocycles. The van der Waals surface area contributed by atoms with E-state index in [4.69, 9.17) is 4.74 Å². The first kappa shape index (κ1) is 24.8. The molecule has 8 aromatic rings. The van der Waals surface area contributed by atoms with Crippen LogP contribution in [0.15, 0.2) is 133 Å². The van der Waals surface area contributed by atoms with Crippen molar-refractivity contribution >= 4 is 88.5 Å². The van der Waals surface area contributed by atoms with E-state index >= 15 is 0 Å². The van der Waals surface area contributed by atoms with Crippen molar-refractivity contribution in [2.24, 2.45) is 0 Å². The van der Waals surface area contributed by atoms with Crippen molar-refractivity contribution in [2.45, 2.75) is 6.92 Å². The number of ether oxygens (including phenoxy) is 1. The average molecular weight is 605 g/mol. The maximum Gasteiger partial charge on any atom is 0.333 e. The van der Waals surface area contributed by atoms with Crippen molar-refractivity contribution in [3.05, 3.63) is 139 Å². The van der Waals surface area contributed by atoms with Gasteiger partial charge in [0, 0.05) is 48.2 Å². The van der Waals surface area contributed by atoms with Gasteiger partial charge in [-0.25, -0.2) is 0 Å². The highest BCUT2D eigenvalue weighted by atomic mass is 32.1. The highest BCUT2D eigenvalue weighted by molar-refractivity contribution is 7.25. The minimum absolute atomic E-state index is 0.0497. The largest absolute Gasteiger partial charge is 0.453 e. The lowest BCUT2D eigenvalue weighted by Gasteiger charge is -2.47. The number of hydrogen-bond acceptors (Lipinski definition) is 4. The van der Waals surface area contributed by atoms with E-state index in [1.54, 1.807) is 0 Å². The molecule has 0 N–H and O–H groups in total. The van der Waals surface area contributed by atoms with Crippen LogP contribution >= 0.6 is 11.3 Å². The van der Waals surface area contributed by atoms with E-state index in [1.165, 1.54) is 75.6 Å². The van der Waals surface area contributed by atoms with Gasteiger partial charge in [-0.3, -0.25) is 0 Å². The molecule has 0 bridgehead atoms. The molecule has 214 valence electrons. The standard InChI is InChI=1S/C41H25BN2OS/c1-24-21-31-29-19-17-25-9-2-3-10-27(25)40(29)44(26-18-20-38-30(23-26)28-11-4-7-16-37(28)46-38)42-32-12-8-15-36-41(32)43(34(22-24)39(31)42)33-13-5-6-14-35(33)45-36/h2-23H,1H3. The number of aryl methyl sites for hydroxylation is 1. The molecule has 4 heterocycles. The number of hydrogen-bond donors (Lipinski definition) is 0. The number of para-hydroxylation sites is 3. The van der Waals surface area contributed by atoms with Crippen molar-refractivity contribution in [1.29, 1.82) is 0 Å². The Morgan fingerprint density at radius 1 is 0.587 bits per heavy atom. The van der Waals surface area contributed by atoms with Crippen LogP contribution in [0, 0.1) is 6.92 Å². The molecular formula is C41H25BN2OS. The summed E-state index contributed by atoms with van der Waals surface area (Å²) in [6, 6.07) is 49.1. The fourth-order valence-corrected chi connectivity index (χ4v) is 9.29. The van der Waals surface area contributed by atoms with Gasteiger partial charge in [-0.2, -0.15) is 0 Å². The van der Waals surface area contributed by atoms with Crippen molar-refractivity contribution in [3.63, 3.8) is 0 Å². The molecule has 0 saturated carbocycles. The Balaban J connectivity index is 1.30. The first-order valence-electron chi connectivity index (χ1n) is 15.8. The summed E-state index contributed by atoms with van der Waals surface area (Å²) < 4.78 is 9.26. The quantitative estimate of drug-likeness (QED) is 0.174. The maximum absolute atomic E-state index is 6.63. The third kappa shape index (κ3) is 3.13. The third-order valence-electron chi connectivity index (χ3n) is 10.0. The van der Waals surface area contributed by atoms with Gasteiger partial charge in [0.25, 0.3) is 0 Å². The molecule has 46 heavy (non-hydrogen) atoms. The SMILES string of the molecule is Cc1cc2c3c(c1)N1c4ccccc4Oc4cccc(c41)B3N(c1ccc3sc4ccccc4c3c1)c1c-2ccc2ccccc12. The summed E-state index contributed by atoms with van der Waals surface area (Å²) >= 11 is 1.87. The van der Waals surface area contributed by atoms with Gasteiger partial charge >= 0.3 is 6.85 Å². The van der Waals surface area contributed by atoms with Crippen molar-refractivity contribution in [3.8, 4) is 22.6 Å². The Morgan fingerprint density at radius 2 is 1.39 bits per heavy atom. The van der Waals surface area contributed by atoms with Crippen LogP contribution in [0.1, 0.15) is 5.56 Å². The first-order valence-corrected chi connectivity index (χ1v) is 16.6. The highest BCUT2D eigenvalue weighted by Gasteiger charge is 2.47. The summed E-state index contributed by atoms with van der Waals surface area (Å²) in [7, 11) is 0. The summed E-state index contributed by atoms with van der Waals surface area (Å²) in [6.07, 6.45) is 0. The van der Waals surface area contributed by atoms with E-state index in [1.807, 2.05) is 11.3 Å². The van der Waals surface area contributed by atoms with Gasteiger partial charge in [0.1, 0.15) is 0 Å². The second-order valence-corrected chi connectivity index (χ2v) is 13.7. The first-order chi connectivity index (χ1) is 22.7. The van der Waals surface area contributed by atoms with E-state index in [0.717, 1.165) is 22.9 Å². The normalized spacial score (nSPS) is 13.8. The topological polar surface area (TPSA) is 15.7 Å². The van der Waals surface area contributed by atoms with E-state index in [9.17, 15) is 0 Å². The number of benzene rings is 7. The Labute approximate surface area is 270 Å². The molecule has 0 saturated heterocycles. The van der Waals surface area contributed by atoms with Crippen LogP contribution in [0.5, 0.6) is 11.5 Å². The fourth-order valence-electron chi connectivity index (χ4n) is 8.20. The summed E-state index contributed by atoms with van der Waals surface area (Å²) in [5.74, 6) is 1.78. The Kier molecular flexibility index (Phi) is 4.74. The van der Waals surface area contributed by atoms with Crippen LogP contribution in [-0.2, 0) is 0 Å². The fraction of sp³-hybridized carbons (Fsp3) is 0.0244. The molecule has 5 heteroatoms. The predicted molar refractivity (Wildman–Crippen MR) is 195 cm³/mol. The molecule has 11 rings (SSSR count). The summed E-state index contributed by atoms with van der Waals surface area (Å²) in [6.45, 7) is 2.17. The monoisotopic (exact) mass is 604 g/mol. The highest BCUT2D eigenvalue weighted by Crippen LogP contribution is 2.55. The van der Waals surface area contributed by atoms with Crippen LogP contribution in [0.2, 0.25) is 0 Å². The summed E-state index contributed by atoms with van der Waals surface area (Å²) in [4.78, 5) is 5.07. The molecule has 0 fully saturated rings. The van der Waals surface area contributed by atoms with Gasteiger partial charge in [0.2, 0.25) is 0 Å². The number of nitrogens with zero attached hydrogens (tertiary/aromatic N) is 2. The number of thiophene rings is 1. The molecule has 0 amide bonds. The lowest BCUT2D eigenvalue weighted by atomic mass is 9.43. The van der Waals surface area contributed by atoms with E-state index in [-0.39, 0.29) is 6.85 Å². The molecule has 0 radical (unpaired) electrons. The predicted octanol–water partition coefficient (Wildman–Crippen LogP) is 10.3. The van der Waals surface area contributed by atoms with Crippen LogP contribution in [0.3, 0.4) is 0 Å². The molecule has 0 unspecified atom stereocenters. The number of anilines is 5. The molecule has 3 nitrogen and oxygen atoms in total. The lowest BCUT2D eigenvalue weighted by Crippen LogP contribution is -2.62. The lowest BCUT2D eigenvalue weighted by molar-refractivity contribution is 0.477. The molecule has 7 aromatic carbocycles. The number of fused-ring (bicyclic) bond motifs is 11. The van der Waals surface area contributed by atoms with Crippen LogP contribution in [0.4, 0.5) is 28.4 Å². The van der Waals surface area contributed by atoms with Gasteiger partial charge in [-0.05, 0) is 82.9 Å². The smallest absolute Gasteiger partial charge is 0.333 e. The van der Waals surface area contributed by atoms with Crippen molar-refractivity contribution < 1.29 is 4.74 Å². The van der Waals surface area contributed by atoms with Crippen molar-refractivity contribution in [1.82, 2.24) is 0 Å². The minimum Gasteiger partial charge on any atom is -0.453 e. The van der Waals surface area contributed by atoms with Gasteiger partial charge in [-0.15, -0.1) is 11.3 Å². The van der Waals surface area contributed by atoms with Gasteiger partial charge in [-0.1, -0.05) is 84.9 Å². The zero-order chi connectivity index (χ0) is 30.1. The zero-order valence-corrected chi connectivity index (χ0v) is 25.8. The van der Waals surface area contributed by atoms with Crippen molar-refractivity contribution in [2.75, 3.05) is 9.71 Å². The third-order valence-corrected chi connectivity index (χ3v) is 11.2. The van der Waals surface area contributed by atoms with Gasteiger partial charge < -0.3 is 14.4 Å². The van der Waals surface area contributed by atoms with Crippen LogP contribution < -0.4 is 25.4 Å². The Hall–Kier alpha value is -5.52. The van der Waals surface area contributed by atoms with E-state index in [2.05, 4.69) is 150 Å². The molecule has 3 aliphatic heterocycles. The Bertz CT molecular complexity index is 2620. The molecule has 3 aliphatic rings. The van der Waals surface area contributed by atoms with Gasteiger partial charge in [0.15, 0.2) is 11.5 Å². The molecule has 0 aliphatic carbocycles. The van der Waals surface area contributed by atoms with Crippen LogP contribution in [-0.4, -0.2) is 6.85 Å². The summed E-state index contributed by atoms with van der Waals surface area (Å²) in [5.41, 5.74) is 12.3. The van der Waals surface area contributed by atoms with E-state index in [0.29, 0.717) is 0 Å². The average Bonchev–Trinajstić information content (AvgIpc) is 3.47. The van der Waals surface area contributed by atoms with E-state index < -0.39 is 0 Å². The maximum atomic E-state index is 6.63. The van der Waals surface area contributed by atoms with Crippen LogP contribution in [0.25, 0.3) is 42.1 Å². The zero-order valence-electron chi connectivity index (χ0n) is 25.0. The Morgan fingerprint density at radius 3 is 2.35 bits per heavy atom. The molecule has 0 atom stereocenters. The number of rotatable bonds is 1. The minimum atomic E-state index is -0.0497. The summed E-state index contributed by atoms with van der Waals surface area (Å²) in [5, 5.41) is 5.12.